The molecule has 1 unspecified atom stereocenters. The second-order valence-corrected chi connectivity index (χ2v) is 5.20. The van der Waals surface area contributed by atoms with Crippen LogP contribution in [0.15, 0.2) is 22.7 Å². The van der Waals surface area contributed by atoms with E-state index in [2.05, 4.69) is 28.2 Å². The summed E-state index contributed by atoms with van der Waals surface area (Å²) >= 11 is 3.36. The van der Waals surface area contributed by atoms with Gasteiger partial charge in [0.2, 0.25) is 0 Å². The highest BCUT2D eigenvalue weighted by molar-refractivity contribution is 9.10. The number of carbonyl (C=O) groups is 1. The molecule has 1 aromatic carbocycles. The Hall–Kier alpha value is -1.07. The van der Waals surface area contributed by atoms with Crippen LogP contribution in [0.4, 0.5) is 0 Å². The molecule has 1 rings (SSSR count). The number of hydrogen-bond donors (Lipinski definition) is 2. The van der Waals surface area contributed by atoms with Gasteiger partial charge in [0.05, 0.1) is 11.6 Å². The second kappa shape index (κ2) is 8.17. The average Bonchev–Trinajstić information content (AvgIpc) is 2.42. The van der Waals surface area contributed by atoms with Gasteiger partial charge < -0.3 is 15.2 Å². The number of amides is 1. The summed E-state index contributed by atoms with van der Waals surface area (Å²) in [5.41, 5.74) is 0.589. The first kappa shape index (κ1) is 16.0. The molecule has 19 heavy (non-hydrogen) atoms. The quantitative estimate of drug-likeness (QED) is 0.808. The summed E-state index contributed by atoms with van der Waals surface area (Å²) in [7, 11) is 1.58. The molecule has 1 atom stereocenters. The first-order chi connectivity index (χ1) is 9.12. The Morgan fingerprint density at radius 1 is 1.53 bits per heavy atom. The van der Waals surface area contributed by atoms with Crippen LogP contribution in [0, 0.1) is 5.92 Å². The highest BCUT2D eigenvalue weighted by atomic mass is 79.9. The average molecular weight is 330 g/mol. The lowest BCUT2D eigenvalue weighted by Gasteiger charge is -2.14. The zero-order chi connectivity index (χ0) is 14.3. The van der Waals surface area contributed by atoms with Crippen LogP contribution in [-0.2, 0) is 0 Å². The molecule has 0 spiro atoms. The Bertz CT molecular complexity index is 423. The van der Waals surface area contributed by atoms with E-state index in [0.29, 0.717) is 30.2 Å². The Morgan fingerprint density at radius 2 is 2.26 bits per heavy atom. The molecule has 0 aromatic heterocycles. The van der Waals surface area contributed by atoms with Gasteiger partial charge in [-0.1, -0.05) is 13.3 Å². The van der Waals surface area contributed by atoms with Crippen LogP contribution in [-0.4, -0.2) is 31.3 Å². The van der Waals surface area contributed by atoms with Crippen LogP contribution in [0.5, 0.6) is 5.75 Å². The lowest BCUT2D eigenvalue weighted by Crippen LogP contribution is -2.29. The van der Waals surface area contributed by atoms with Crippen molar-refractivity contribution in [1.29, 1.82) is 0 Å². The molecule has 2 N–H and O–H groups in total. The van der Waals surface area contributed by atoms with E-state index in [1.165, 1.54) is 0 Å². The summed E-state index contributed by atoms with van der Waals surface area (Å²) in [6, 6.07) is 5.22. The number of benzene rings is 1. The van der Waals surface area contributed by atoms with Crippen molar-refractivity contribution in [2.45, 2.75) is 19.8 Å². The Morgan fingerprint density at radius 3 is 2.79 bits per heavy atom. The highest BCUT2D eigenvalue weighted by Crippen LogP contribution is 2.25. The van der Waals surface area contributed by atoms with Gasteiger partial charge in [0.25, 0.3) is 5.91 Å². The van der Waals surface area contributed by atoms with E-state index in [0.717, 1.165) is 10.9 Å². The van der Waals surface area contributed by atoms with Gasteiger partial charge in [-0.2, -0.15) is 0 Å². The molecule has 0 saturated heterocycles. The third-order valence-corrected chi connectivity index (χ3v) is 3.70. The fraction of sp³-hybridized carbons (Fsp3) is 0.500. The molecule has 0 fully saturated rings. The van der Waals surface area contributed by atoms with Gasteiger partial charge in [-0.05, 0) is 46.5 Å². The normalized spacial score (nSPS) is 12.0. The maximum atomic E-state index is 12.0. The van der Waals surface area contributed by atoms with E-state index in [-0.39, 0.29) is 12.5 Å². The minimum absolute atomic E-state index is 0.111. The van der Waals surface area contributed by atoms with E-state index >= 15 is 0 Å². The van der Waals surface area contributed by atoms with Gasteiger partial charge >= 0.3 is 0 Å². The summed E-state index contributed by atoms with van der Waals surface area (Å²) < 4.78 is 5.88. The van der Waals surface area contributed by atoms with Crippen molar-refractivity contribution >= 4 is 21.8 Å². The Balaban J connectivity index is 2.60. The molecule has 0 radical (unpaired) electrons. The van der Waals surface area contributed by atoms with Gasteiger partial charge in [-0.25, -0.2) is 0 Å². The maximum absolute atomic E-state index is 12.0. The van der Waals surface area contributed by atoms with Crippen LogP contribution in [0.25, 0.3) is 0 Å². The van der Waals surface area contributed by atoms with E-state index in [1.54, 1.807) is 25.3 Å². The van der Waals surface area contributed by atoms with Crippen molar-refractivity contribution in [3.05, 3.63) is 28.2 Å². The van der Waals surface area contributed by atoms with Gasteiger partial charge in [0, 0.05) is 18.7 Å². The van der Waals surface area contributed by atoms with E-state index in [4.69, 9.17) is 9.84 Å². The van der Waals surface area contributed by atoms with Crippen molar-refractivity contribution in [1.82, 2.24) is 5.32 Å². The molecule has 1 amide bonds. The number of carbonyl (C=O) groups excluding carboxylic acids is 1. The maximum Gasteiger partial charge on any atom is 0.251 e. The topological polar surface area (TPSA) is 58.6 Å². The molecular weight excluding hydrogens is 310 g/mol. The van der Waals surface area contributed by atoms with Crippen molar-refractivity contribution in [3.63, 3.8) is 0 Å². The summed E-state index contributed by atoms with van der Waals surface area (Å²) in [5, 5.41) is 11.8. The van der Waals surface area contributed by atoms with Crippen LogP contribution in [0.2, 0.25) is 0 Å². The SMILES string of the molecule is CCC(CCO)CNC(=O)c1ccc(OC)c(Br)c1. The van der Waals surface area contributed by atoms with Crippen molar-refractivity contribution < 1.29 is 14.6 Å². The monoisotopic (exact) mass is 329 g/mol. The molecule has 0 saturated carbocycles. The molecule has 0 bridgehead atoms. The molecular formula is C14H20BrNO3. The minimum atomic E-state index is -0.111. The van der Waals surface area contributed by atoms with Crippen molar-refractivity contribution in [2.75, 3.05) is 20.3 Å². The highest BCUT2D eigenvalue weighted by Gasteiger charge is 2.11. The number of aliphatic hydroxyl groups is 1. The fourth-order valence-electron chi connectivity index (χ4n) is 1.78. The van der Waals surface area contributed by atoms with E-state index in [1.807, 2.05) is 0 Å². The number of ether oxygens (including phenoxy) is 1. The zero-order valence-corrected chi connectivity index (χ0v) is 12.9. The second-order valence-electron chi connectivity index (χ2n) is 4.35. The third kappa shape index (κ3) is 4.84. The van der Waals surface area contributed by atoms with Crippen LogP contribution in [0.1, 0.15) is 30.1 Å². The standard InChI is InChI=1S/C14H20BrNO3/c1-3-10(6-7-17)9-16-14(18)11-4-5-13(19-2)12(15)8-11/h4-5,8,10,17H,3,6-7,9H2,1-2H3,(H,16,18). The number of aliphatic hydroxyl groups excluding tert-OH is 1. The predicted molar refractivity (Wildman–Crippen MR) is 78.5 cm³/mol. The molecule has 5 heteroatoms. The van der Waals surface area contributed by atoms with Gasteiger partial charge in [0.1, 0.15) is 5.75 Å². The van der Waals surface area contributed by atoms with Gasteiger partial charge in [-0.3, -0.25) is 4.79 Å². The number of hydrogen-bond acceptors (Lipinski definition) is 3. The molecule has 106 valence electrons. The van der Waals surface area contributed by atoms with Crippen LogP contribution >= 0.6 is 15.9 Å². The number of rotatable bonds is 7. The first-order valence-electron chi connectivity index (χ1n) is 6.35. The Labute approximate surface area is 122 Å². The summed E-state index contributed by atoms with van der Waals surface area (Å²) in [5.74, 6) is 0.902. The third-order valence-electron chi connectivity index (χ3n) is 3.08. The molecule has 0 aliphatic heterocycles. The number of halogens is 1. The largest absolute Gasteiger partial charge is 0.496 e. The van der Waals surface area contributed by atoms with E-state index < -0.39 is 0 Å². The fourth-order valence-corrected chi connectivity index (χ4v) is 2.32. The number of nitrogens with one attached hydrogen (secondary N) is 1. The lowest BCUT2D eigenvalue weighted by molar-refractivity contribution is 0.0943. The van der Waals surface area contributed by atoms with Crippen molar-refractivity contribution in [3.8, 4) is 5.75 Å². The summed E-state index contributed by atoms with van der Waals surface area (Å²) in [4.78, 5) is 12.0. The summed E-state index contributed by atoms with van der Waals surface area (Å²) in [6.07, 6.45) is 1.65. The molecule has 0 aliphatic carbocycles. The Kier molecular flexibility index (Phi) is 6.87. The van der Waals surface area contributed by atoms with Crippen LogP contribution < -0.4 is 10.1 Å². The van der Waals surface area contributed by atoms with Crippen LogP contribution in [0.3, 0.4) is 0 Å². The molecule has 4 nitrogen and oxygen atoms in total. The van der Waals surface area contributed by atoms with Gasteiger partial charge in [0.15, 0.2) is 0 Å². The predicted octanol–water partition coefficient (Wildman–Crippen LogP) is 2.60. The van der Waals surface area contributed by atoms with Crippen molar-refractivity contribution in [2.24, 2.45) is 5.92 Å². The lowest BCUT2D eigenvalue weighted by atomic mass is 10.0. The number of methoxy groups -OCH3 is 1. The van der Waals surface area contributed by atoms with E-state index in [9.17, 15) is 4.79 Å². The summed E-state index contributed by atoms with van der Waals surface area (Å²) in [6.45, 7) is 2.79. The molecule has 0 aliphatic rings. The molecule has 1 aromatic rings. The molecule has 0 heterocycles. The first-order valence-corrected chi connectivity index (χ1v) is 7.14. The smallest absolute Gasteiger partial charge is 0.251 e. The minimum Gasteiger partial charge on any atom is -0.496 e. The van der Waals surface area contributed by atoms with Gasteiger partial charge in [-0.15, -0.1) is 0 Å². The zero-order valence-electron chi connectivity index (χ0n) is 11.3.